The number of benzene rings is 1. The Balaban J connectivity index is 2.11. The molecule has 0 radical (unpaired) electrons. The van der Waals surface area contributed by atoms with Gasteiger partial charge in [0, 0.05) is 18.6 Å². The SMILES string of the molecule is CC(C)[C@H](NC(=O)c1ccc(Cl)cc1Cl)C(=O)N(C)Cc1ccsc1. The summed E-state index contributed by atoms with van der Waals surface area (Å²) < 4.78 is 0. The molecule has 0 aliphatic carbocycles. The fourth-order valence-corrected chi connectivity index (χ4v) is 3.53. The smallest absolute Gasteiger partial charge is 0.253 e. The van der Waals surface area contributed by atoms with Gasteiger partial charge < -0.3 is 10.2 Å². The second-order valence-electron chi connectivity index (χ2n) is 6.15. The van der Waals surface area contributed by atoms with Gasteiger partial charge in [0.05, 0.1) is 10.6 Å². The molecule has 2 aromatic rings. The molecular formula is C18H20Cl2N2O2S. The molecule has 1 heterocycles. The molecule has 134 valence electrons. The third-order valence-electron chi connectivity index (χ3n) is 3.77. The average molecular weight is 399 g/mol. The van der Waals surface area contributed by atoms with Gasteiger partial charge in [-0.1, -0.05) is 37.0 Å². The second kappa shape index (κ2) is 8.70. The Morgan fingerprint density at radius 2 is 1.96 bits per heavy atom. The monoisotopic (exact) mass is 398 g/mol. The van der Waals surface area contributed by atoms with E-state index in [1.807, 2.05) is 30.7 Å². The minimum atomic E-state index is -0.636. The average Bonchev–Trinajstić information content (AvgIpc) is 3.04. The maximum absolute atomic E-state index is 12.8. The third-order valence-corrected chi connectivity index (χ3v) is 5.05. The van der Waals surface area contributed by atoms with E-state index >= 15 is 0 Å². The van der Waals surface area contributed by atoms with E-state index in [4.69, 9.17) is 23.2 Å². The molecule has 0 saturated heterocycles. The fraction of sp³-hybridized carbons (Fsp3) is 0.333. The van der Waals surface area contributed by atoms with Crippen molar-refractivity contribution in [3.63, 3.8) is 0 Å². The molecule has 0 aliphatic rings. The van der Waals surface area contributed by atoms with Gasteiger partial charge in [0.2, 0.25) is 5.91 Å². The highest BCUT2D eigenvalue weighted by Gasteiger charge is 2.28. The Hall–Kier alpha value is -1.56. The van der Waals surface area contributed by atoms with Crippen LogP contribution < -0.4 is 5.32 Å². The fourth-order valence-electron chi connectivity index (χ4n) is 2.38. The van der Waals surface area contributed by atoms with E-state index in [2.05, 4.69) is 5.32 Å². The van der Waals surface area contributed by atoms with Crippen LogP contribution in [0, 0.1) is 5.92 Å². The van der Waals surface area contributed by atoms with Crippen LogP contribution in [0.15, 0.2) is 35.0 Å². The Labute approximate surface area is 161 Å². The zero-order valence-electron chi connectivity index (χ0n) is 14.3. The van der Waals surface area contributed by atoms with Gasteiger partial charge in [-0.25, -0.2) is 0 Å². The Bertz CT molecular complexity index is 748. The largest absolute Gasteiger partial charge is 0.340 e. The van der Waals surface area contributed by atoms with Crippen LogP contribution >= 0.6 is 34.5 Å². The second-order valence-corrected chi connectivity index (χ2v) is 7.77. The molecule has 1 atom stereocenters. The van der Waals surface area contributed by atoms with Gasteiger partial charge in [-0.2, -0.15) is 11.3 Å². The molecule has 2 rings (SSSR count). The summed E-state index contributed by atoms with van der Waals surface area (Å²) in [4.78, 5) is 26.9. The summed E-state index contributed by atoms with van der Waals surface area (Å²) in [6.45, 7) is 4.29. The lowest BCUT2D eigenvalue weighted by molar-refractivity contribution is -0.133. The molecular weight excluding hydrogens is 379 g/mol. The molecule has 1 aromatic heterocycles. The number of nitrogens with one attached hydrogen (secondary N) is 1. The molecule has 2 amide bonds. The first-order valence-electron chi connectivity index (χ1n) is 7.81. The number of thiophene rings is 1. The van der Waals surface area contributed by atoms with Crippen LogP contribution in [-0.2, 0) is 11.3 Å². The normalized spacial score (nSPS) is 12.1. The molecule has 0 unspecified atom stereocenters. The van der Waals surface area contributed by atoms with Gasteiger partial charge in [0.15, 0.2) is 0 Å². The minimum Gasteiger partial charge on any atom is -0.340 e. The summed E-state index contributed by atoms with van der Waals surface area (Å²) in [5.74, 6) is -0.593. The number of nitrogens with zero attached hydrogens (tertiary/aromatic N) is 1. The van der Waals surface area contributed by atoms with E-state index in [1.165, 1.54) is 6.07 Å². The number of rotatable bonds is 6. The van der Waals surface area contributed by atoms with Crippen LogP contribution in [0.25, 0.3) is 0 Å². The van der Waals surface area contributed by atoms with Crippen LogP contribution in [-0.4, -0.2) is 29.8 Å². The lowest BCUT2D eigenvalue weighted by atomic mass is 10.0. The van der Waals surface area contributed by atoms with Gasteiger partial charge in [-0.3, -0.25) is 9.59 Å². The molecule has 0 bridgehead atoms. The maximum Gasteiger partial charge on any atom is 0.253 e. The van der Waals surface area contributed by atoms with Gasteiger partial charge in [-0.15, -0.1) is 0 Å². The number of hydrogen-bond donors (Lipinski definition) is 1. The molecule has 25 heavy (non-hydrogen) atoms. The summed E-state index contributed by atoms with van der Waals surface area (Å²) in [5, 5.41) is 7.48. The number of likely N-dealkylation sites (N-methyl/N-ethyl adjacent to an activating group) is 1. The number of carbonyl (C=O) groups excluding carboxylic acids is 2. The van der Waals surface area contributed by atoms with Crippen molar-refractivity contribution >= 4 is 46.4 Å². The van der Waals surface area contributed by atoms with E-state index < -0.39 is 11.9 Å². The first-order valence-corrected chi connectivity index (χ1v) is 9.51. The van der Waals surface area contributed by atoms with E-state index in [0.29, 0.717) is 17.1 Å². The topological polar surface area (TPSA) is 49.4 Å². The van der Waals surface area contributed by atoms with Gasteiger partial charge in [0.25, 0.3) is 5.91 Å². The van der Waals surface area contributed by atoms with Crippen molar-refractivity contribution in [2.45, 2.75) is 26.4 Å². The molecule has 0 fully saturated rings. The van der Waals surface area contributed by atoms with Crippen LogP contribution in [0.3, 0.4) is 0 Å². The minimum absolute atomic E-state index is 0.0625. The third kappa shape index (κ3) is 5.21. The standard InChI is InChI=1S/C18H20Cl2N2O2S/c1-11(2)16(18(24)22(3)9-12-6-7-25-10-12)21-17(23)14-5-4-13(19)8-15(14)20/h4-8,10-11,16H,9H2,1-3H3,(H,21,23)/t16-/m0/s1. The highest BCUT2D eigenvalue weighted by Crippen LogP contribution is 2.21. The van der Waals surface area contributed by atoms with Crippen LogP contribution in [0.1, 0.15) is 29.8 Å². The van der Waals surface area contributed by atoms with Crippen molar-refractivity contribution in [3.8, 4) is 0 Å². The van der Waals surface area contributed by atoms with E-state index in [0.717, 1.165) is 5.56 Å². The summed E-state index contributed by atoms with van der Waals surface area (Å²) in [5.41, 5.74) is 1.36. The van der Waals surface area contributed by atoms with E-state index in [1.54, 1.807) is 35.4 Å². The number of halogens is 2. The molecule has 1 N–H and O–H groups in total. The van der Waals surface area contributed by atoms with Crippen LogP contribution in [0.4, 0.5) is 0 Å². The zero-order chi connectivity index (χ0) is 18.6. The molecule has 7 heteroatoms. The Morgan fingerprint density at radius 3 is 2.52 bits per heavy atom. The number of carbonyl (C=O) groups is 2. The van der Waals surface area contributed by atoms with Crippen molar-refractivity contribution in [1.29, 1.82) is 0 Å². The molecule has 0 spiro atoms. The van der Waals surface area contributed by atoms with Crippen molar-refractivity contribution in [1.82, 2.24) is 10.2 Å². The summed E-state index contributed by atoms with van der Waals surface area (Å²) in [7, 11) is 1.73. The van der Waals surface area contributed by atoms with Crippen LogP contribution in [0.5, 0.6) is 0 Å². The van der Waals surface area contributed by atoms with Crippen molar-refractivity contribution in [3.05, 3.63) is 56.2 Å². The predicted octanol–water partition coefficient (Wildman–Crippen LogP) is 4.47. The number of hydrogen-bond acceptors (Lipinski definition) is 3. The van der Waals surface area contributed by atoms with Gasteiger partial charge in [-0.05, 0) is 46.5 Å². The highest BCUT2D eigenvalue weighted by molar-refractivity contribution is 7.07. The first-order chi connectivity index (χ1) is 11.8. The highest BCUT2D eigenvalue weighted by atomic mass is 35.5. The Morgan fingerprint density at radius 1 is 1.24 bits per heavy atom. The predicted molar refractivity (Wildman–Crippen MR) is 103 cm³/mol. The van der Waals surface area contributed by atoms with E-state index in [9.17, 15) is 9.59 Å². The molecule has 0 saturated carbocycles. The summed E-state index contributed by atoms with van der Waals surface area (Å²) in [6, 6.07) is 5.99. The number of amides is 2. The van der Waals surface area contributed by atoms with Gasteiger partial charge in [0.1, 0.15) is 6.04 Å². The lowest BCUT2D eigenvalue weighted by Gasteiger charge is -2.27. The maximum atomic E-state index is 12.8. The summed E-state index contributed by atoms with van der Waals surface area (Å²) in [6.07, 6.45) is 0. The van der Waals surface area contributed by atoms with Crippen molar-refractivity contribution in [2.24, 2.45) is 5.92 Å². The quantitative estimate of drug-likeness (QED) is 0.779. The van der Waals surface area contributed by atoms with Crippen molar-refractivity contribution < 1.29 is 9.59 Å². The first kappa shape index (κ1) is 19.8. The summed E-state index contributed by atoms with van der Waals surface area (Å²) >= 11 is 13.5. The lowest BCUT2D eigenvalue weighted by Crippen LogP contribution is -2.50. The van der Waals surface area contributed by atoms with Crippen molar-refractivity contribution in [2.75, 3.05) is 7.05 Å². The van der Waals surface area contributed by atoms with Crippen LogP contribution in [0.2, 0.25) is 10.0 Å². The van der Waals surface area contributed by atoms with E-state index in [-0.39, 0.29) is 16.8 Å². The molecule has 4 nitrogen and oxygen atoms in total. The zero-order valence-corrected chi connectivity index (χ0v) is 16.6. The molecule has 0 aliphatic heterocycles. The van der Waals surface area contributed by atoms with Gasteiger partial charge >= 0.3 is 0 Å². The molecule has 1 aromatic carbocycles. The Kier molecular flexibility index (Phi) is 6.87.